The first kappa shape index (κ1) is 14.0. The van der Waals surface area contributed by atoms with E-state index < -0.39 is 0 Å². The highest BCUT2D eigenvalue weighted by Crippen LogP contribution is 2.27. The lowest BCUT2D eigenvalue weighted by molar-refractivity contribution is -0.00527. The van der Waals surface area contributed by atoms with Crippen LogP contribution in [0, 0.1) is 12.7 Å². The number of aryl methyl sites for hydroxylation is 1. The molecule has 0 N–H and O–H groups in total. The predicted molar refractivity (Wildman–Crippen MR) is 73.4 cm³/mol. The van der Waals surface area contributed by atoms with Gasteiger partial charge in [-0.1, -0.05) is 0 Å². The van der Waals surface area contributed by atoms with Gasteiger partial charge in [-0.3, -0.25) is 4.79 Å². The number of halogens is 1. The minimum absolute atomic E-state index is 0.105. The number of carbonyl (C=O) groups is 1. The summed E-state index contributed by atoms with van der Waals surface area (Å²) in [7, 11) is 0. The minimum atomic E-state index is -0.330. The Balaban J connectivity index is 2.42. The van der Waals surface area contributed by atoms with Crippen LogP contribution in [0.3, 0.4) is 0 Å². The first-order valence-corrected chi connectivity index (χ1v) is 6.60. The third kappa shape index (κ3) is 2.95. The van der Waals surface area contributed by atoms with Crippen molar-refractivity contribution in [3.8, 4) is 0 Å². The Hall–Kier alpha value is -1.42. The third-order valence-corrected chi connectivity index (χ3v) is 3.42. The van der Waals surface area contributed by atoms with Crippen LogP contribution in [0.1, 0.15) is 36.7 Å². The van der Waals surface area contributed by atoms with Gasteiger partial charge in [-0.2, -0.15) is 0 Å². The zero-order chi connectivity index (χ0) is 14.2. The number of Topliss-reactive ketones (excluding diaryl/α,β-unsaturated/α-hetero) is 1. The number of hydrogen-bond donors (Lipinski definition) is 0. The molecular weight excluding hydrogens is 245 g/mol. The monoisotopic (exact) mass is 265 g/mol. The van der Waals surface area contributed by atoms with Crippen LogP contribution >= 0.6 is 0 Å². The highest BCUT2D eigenvalue weighted by molar-refractivity contribution is 6.00. The summed E-state index contributed by atoms with van der Waals surface area (Å²) in [6.45, 7) is 8.64. The number of nitrogens with zero attached hydrogens (tertiary/aromatic N) is 1. The SMILES string of the molecule is CC(=O)c1cc(F)c(C)cc1N1CC(C)OC(C)C1. The number of rotatable bonds is 2. The van der Waals surface area contributed by atoms with Crippen LogP contribution in [0.4, 0.5) is 10.1 Å². The van der Waals surface area contributed by atoms with E-state index in [0.717, 1.165) is 18.8 Å². The van der Waals surface area contributed by atoms with Gasteiger partial charge in [0.25, 0.3) is 0 Å². The lowest BCUT2D eigenvalue weighted by atomic mass is 10.0. The minimum Gasteiger partial charge on any atom is -0.372 e. The van der Waals surface area contributed by atoms with Crippen LogP contribution < -0.4 is 4.90 Å². The van der Waals surface area contributed by atoms with Gasteiger partial charge in [0.2, 0.25) is 0 Å². The molecule has 2 atom stereocenters. The molecule has 4 heteroatoms. The van der Waals surface area contributed by atoms with Crippen LogP contribution in [0.15, 0.2) is 12.1 Å². The summed E-state index contributed by atoms with van der Waals surface area (Å²) < 4.78 is 19.3. The second-order valence-electron chi connectivity index (χ2n) is 5.34. The second-order valence-corrected chi connectivity index (χ2v) is 5.34. The lowest BCUT2D eigenvalue weighted by Gasteiger charge is -2.37. The molecule has 1 saturated heterocycles. The smallest absolute Gasteiger partial charge is 0.161 e. The van der Waals surface area contributed by atoms with Crippen molar-refractivity contribution in [2.24, 2.45) is 0 Å². The summed E-state index contributed by atoms with van der Waals surface area (Å²) in [5, 5.41) is 0. The highest BCUT2D eigenvalue weighted by atomic mass is 19.1. The fraction of sp³-hybridized carbons (Fsp3) is 0.533. The fourth-order valence-electron chi connectivity index (χ4n) is 2.58. The van der Waals surface area contributed by atoms with E-state index in [1.54, 1.807) is 13.0 Å². The molecule has 0 amide bonds. The third-order valence-electron chi connectivity index (χ3n) is 3.42. The van der Waals surface area contributed by atoms with Crippen LogP contribution in [-0.4, -0.2) is 31.1 Å². The molecule has 1 heterocycles. The topological polar surface area (TPSA) is 29.5 Å². The van der Waals surface area contributed by atoms with Crippen LogP contribution in [0.25, 0.3) is 0 Å². The Morgan fingerprint density at radius 3 is 2.42 bits per heavy atom. The summed E-state index contributed by atoms with van der Waals surface area (Å²) in [5.74, 6) is -0.441. The largest absolute Gasteiger partial charge is 0.372 e. The number of benzene rings is 1. The van der Waals surface area contributed by atoms with Gasteiger partial charge in [-0.25, -0.2) is 4.39 Å². The number of ether oxygens (including phenoxy) is 1. The molecule has 3 nitrogen and oxygen atoms in total. The van der Waals surface area contributed by atoms with Crippen molar-refractivity contribution in [2.45, 2.75) is 39.9 Å². The normalized spacial score (nSPS) is 23.5. The molecule has 1 fully saturated rings. The van der Waals surface area contributed by atoms with E-state index in [2.05, 4.69) is 4.90 Å². The first-order valence-electron chi connectivity index (χ1n) is 6.60. The molecule has 2 unspecified atom stereocenters. The Morgan fingerprint density at radius 1 is 1.32 bits per heavy atom. The van der Waals surface area contributed by atoms with Crippen LogP contribution in [0.2, 0.25) is 0 Å². The molecule has 0 radical (unpaired) electrons. The van der Waals surface area contributed by atoms with Gasteiger partial charge in [-0.05, 0) is 45.4 Å². The summed E-state index contributed by atoms with van der Waals surface area (Å²) in [4.78, 5) is 13.8. The average molecular weight is 265 g/mol. The van der Waals surface area contributed by atoms with Gasteiger partial charge in [0.05, 0.1) is 12.2 Å². The van der Waals surface area contributed by atoms with E-state index in [4.69, 9.17) is 4.74 Å². The number of carbonyl (C=O) groups excluding carboxylic acids is 1. The molecular formula is C15H20FNO2. The second kappa shape index (κ2) is 5.29. The molecule has 0 bridgehead atoms. The van der Waals surface area contributed by atoms with E-state index in [1.165, 1.54) is 13.0 Å². The molecule has 0 aliphatic carbocycles. The standard InChI is InChI=1S/C15H20FNO2/c1-9-5-15(13(12(4)18)6-14(9)16)17-7-10(2)19-11(3)8-17/h5-6,10-11H,7-8H2,1-4H3. The quantitative estimate of drug-likeness (QED) is 0.770. The van der Waals surface area contributed by atoms with Crippen molar-refractivity contribution in [2.75, 3.05) is 18.0 Å². The van der Waals surface area contributed by atoms with Gasteiger partial charge in [0, 0.05) is 24.3 Å². The van der Waals surface area contributed by atoms with Gasteiger partial charge in [0.1, 0.15) is 5.82 Å². The summed E-state index contributed by atoms with van der Waals surface area (Å²) in [6, 6.07) is 3.11. The zero-order valence-corrected chi connectivity index (χ0v) is 11.9. The van der Waals surface area contributed by atoms with E-state index in [0.29, 0.717) is 11.1 Å². The number of morpholine rings is 1. The van der Waals surface area contributed by atoms with E-state index in [1.807, 2.05) is 13.8 Å². The van der Waals surface area contributed by atoms with Crippen molar-refractivity contribution in [1.82, 2.24) is 0 Å². The Morgan fingerprint density at radius 2 is 1.89 bits per heavy atom. The molecule has 1 aliphatic heterocycles. The highest BCUT2D eigenvalue weighted by Gasteiger charge is 2.25. The van der Waals surface area contributed by atoms with Crippen LogP contribution in [0.5, 0.6) is 0 Å². The molecule has 1 aromatic carbocycles. The summed E-state index contributed by atoms with van der Waals surface area (Å²) in [6.07, 6.45) is 0.211. The molecule has 0 saturated carbocycles. The molecule has 2 rings (SSSR count). The van der Waals surface area contributed by atoms with Crippen molar-refractivity contribution in [3.05, 3.63) is 29.1 Å². The summed E-state index contributed by atoms with van der Waals surface area (Å²) >= 11 is 0. The lowest BCUT2D eigenvalue weighted by Crippen LogP contribution is -2.46. The maximum atomic E-state index is 13.6. The van der Waals surface area contributed by atoms with Gasteiger partial charge in [-0.15, -0.1) is 0 Å². The fourth-order valence-corrected chi connectivity index (χ4v) is 2.58. The molecule has 19 heavy (non-hydrogen) atoms. The van der Waals surface area contributed by atoms with E-state index in [9.17, 15) is 9.18 Å². The van der Waals surface area contributed by atoms with Crippen molar-refractivity contribution in [3.63, 3.8) is 0 Å². The van der Waals surface area contributed by atoms with E-state index in [-0.39, 0.29) is 23.8 Å². The zero-order valence-electron chi connectivity index (χ0n) is 11.9. The number of hydrogen-bond acceptors (Lipinski definition) is 3. The molecule has 104 valence electrons. The number of anilines is 1. The van der Waals surface area contributed by atoms with Gasteiger partial charge >= 0.3 is 0 Å². The van der Waals surface area contributed by atoms with Gasteiger partial charge in [0.15, 0.2) is 5.78 Å². The predicted octanol–water partition coefficient (Wildman–Crippen LogP) is 2.95. The maximum absolute atomic E-state index is 13.6. The van der Waals surface area contributed by atoms with Crippen molar-refractivity contribution >= 4 is 11.5 Å². The summed E-state index contributed by atoms with van der Waals surface area (Å²) in [5.41, 5.74) is 1.82. The van der Waals surface area contributed by atoms with E-state index >= 15 is 0 Å². The van der Waals surface area contributed by atoms with Gasteiger partial charge < -0.3 is 9.64 Å². The number of ketones is 1. The molecule has 1 aliphatic rings. The molecule has 1 aromatic rings. The Kier molecular flexibility index (Phi) is 3.90. The molecule has 0 spiro atoms. The Labute approximate surface area is 113 Å². The Bertz CT molecular complexity index is 491. The van der Waals surface area contributed by atoms with Crippen molar-refractivity contribution < 1.29 is 13.9 Å². The average Bonchev–Trinajstić information content (AvgIpc) is 2.30. The van der Waals surface area contributed by atoms with Crippen LogP contribution in [-0.2, 0) is 4.74 Å². The van der Waals surface area contributed by atoms with Crippen molar-refractivity contribution in [1.29, 1.82) is 0 Å². The maximum Gasteiger partial charge on any atom is 0.161 e. The molecule has 0 aromatic heterocycles. The first-order chi connectivity index (χ1) is 8.88.